The molecule has 21 heavy (non-hydrogen) atoms. The van der Waals surface area contributed by atoms with Gasteiger partial charge in [-0.3, -0.25) is 0 Å². The van der Waals surface area contributed by atoms with Crippen molar-refractivity contribution < 1.29 is 13.6 Å². The first kappa shape index (κ1) is 17.6. The highest BCUT2D eigenvalue weighted by atomic mass is 28.4. The minimum absolute atomic E-state index is 0.524. The lowest BCUT2D eigenvalue weighted by Crippen LogP contribution is -2.26. The van der Waals surface area contributed by atoms with Crippen LogP contribution in [0.4, 0.5) is 0 Å². The van der Waals surface area contributed by atoms with Crippen molar-refractivity contribution in [2.45, 2.75) is 39.3 Å². The highest BCUT2D eigenvalue weighted by Gasteiger charge is 2.21. The summed E-state index contributed by atoms with van der Waals surface area (Å²) in [7, 11) is -3.42. The highest BCUT2D eigenvalue weighted by molar-refractivity contribution is 6.70. The topological polar surface area (TPSA) is 27.7 Å². The van der Waals surface area contributed by atoms with Crippen molar-refractivity contribution >= 4 is 16.6 Å². The molecule has 1 aromatic rings. The molecule has 1 rings (SSSR count). The third-order valence-electron chi connectivity index (χ3n) is 2.19. The molecule has 0 spiro atoms. The van der Waals surface area contributed by atoms with Crippen molar-refractivity contribution in [3.05, 3.63) is 54.7 Å². The van der Waals surface area contributed by atoms with E-state index < -0.39 is 16.6 Å². The Hall–Kier alpha value is -1.47. The van der Waals surface area contributed by atoms with Crippen LogP contribution in [0.3, 0.4) is 0 Å². The first-order valence-electron chi connectivity index (χ1n) is 7.06. The summed E-state index contributed by atoms with van der Waals surface area (Å²) in [5, 5.41) is 0. The van der Waals surface area contributed by atoms with Crippen LogP contribution in [-0.2, 0) is 8.85 Å². The Morgan fingerprint density at radius 1 is 0.952 bits per heavy atom. The molecule has 0 bridgehead atoms. The largest absolute Gasteiger partial charge is 0.547 e. The average Bonchev–Trinajstić information content (AvgIpc) is 2.32. The van der Waals surface area contributed by atoms with Gasteiger partial charge in [-0.05, 0) is 51.4 Å². The molecule has 0 unspecified atom stereocenters. The molecule has 116 valence electrons. The summed E-state index contributed by atoms with van der Waals surface area (Å²) >= 11 is 0. The third-order valence-corrected chi connectivity index (χ3v) is 3.88. The van der Waals surface area contributed by atoms with Gasteiger partial charge in [-0.2, -0.15) is 0 Å². The summed E-state index contributed by atoms with van der Waals surface area (Å²) in [6.45, 7) is 16.7. The first-order chi connectivity index (χ1) is 9.57. The van der Waals surface area contributed by atoms with Gasteiger partial charge in [-0.25, -0.2) is 0 Å². The monoisotopic (exact) mass is 322 g/mol. The SMILES string of the molecule is C=C(O[Si](C)(C)C)/C(=C/O[Si](C)(C)C)Oc1ccccc1. The summed E-state index contributed by atoms with van der Waals surface area (Å²) in [5.41, 5.74) is 0. The maximum absolute atomic E-state index is 5.92. The van der Waals surface area contributed by atoms with E-state index in [9.17, 15) is 0 Å². The van der Waals surface area contributed by atoms with Gasteiger partial charge in [0.25, 0.3) is 0 Å². The van der Waals surface area contributed by atoms with E-state index >= 15 is 0 Å². The zero-order valence-corrected chi connectivity index (χ0v) is 15.9. The second-order valence-corrected chi connectivity index (χ2v) is 15.7. The van der Waals surface area contributed by atoms with Gasteiger partial charge < -0.3 is 13.6 Å². The van der Waals surface area contributed by atoms with Crippen molar-refractivity contribution in [1.29, 1.82) is 0 Å². The van der Waals surface area contributed by atoms with Crippen LogP contribution in [-0.4, -0.2) is 16.6 Å². The van der Waals surface area contributed by atoms with Gasteiger partial charge in [0.2, 0.25) is 16.6 Å². The Morgan fingerprint density at radius 2 is 1.52 bits per heavy atom. The maximum atomic E-state index is 5.92. The number of para-hydroxylation sites is 1. The van der Waals surface area contributed by atoms with Crippen LogP contribution in [0.2, 0.25) is 39.3 Å². The van der Waals surface area contributed by atoms with E-state index in [4.69, 9.17) is 13.6 Å². The molecule has 0 aromatic heterocycles. The van der Waals surface area contributed by atoms with Gasteiger partial charge >= 0.3 is 0 Å². The minimum atomic E-state index is -1.74. The molecule has 0 saturated carbocycles. The van der Waals surface area contributed by atoms with Crippen molar-refractivity contribution in [2.75, 3.05) is 0 Å². The molecule has 3 nitrogen and oxygen atoms in total. The van der Waals surface area contributed by atoms with Gasteiger partial charge in [0.05, 0.1) is 0 Å². The molecule has 0 aliphatic heterocycles. The van der Waals surface area contributed by atoms with E-state index in [0.717, 1.165) is 5.75 Å². The van der Waals surface area contributed by atoms with Gasteiger partial charge in [0.1, 0.15) is 17.8 Å². The van der Waals surface area contributed by atoms with E-state index in [-0.39, 0.29) is 0 Å². The maximum Gasteiger partial charge on any atom is 0.242 e. The fraction of sp³-hybridized carbons (Fsp3) is 0.375. The Morgan fingerprint density at radius 3 is 2.00 bits per heavy atom. The molecule has 0 saturated heterocycles. The number of benzene rings is 1. The van der Waals surface area contributed by atoms with Gasteiger partial charge in [0, 0.05) is 0 Å². The van der Waals surface area contributed by atoms with Gasteiger partial charge in [-0.1, -0.05) is 24.8 Å². The smallest absolute Gasteiger partial charge is 0.242 e. The molecule has 0 aliphatic rings. The van der Waals surface area contributed by atoms with Gasteiger partial charge in [-0.15, -0.1) is 0 Å². The van der Waals surface area contributed by atoms with E-state index in [1.54, 1.807) is 6.26 Å². The van der Waals surface area contributed by atoms with Crippen LogP contribution in [0.1, 0.15) is 0 Å². The van der Waals surface area contributed by atoms with E-state index in [1.165, 1.54) is 0 Å². The van der Waals surface area contributed by atoms with Crippen LogP contribution in [0.15, 0.2) is 54.7 Å². The van der Waals surface area contributed by atoms with E-state index in [2.05, 4.69) is 45.9 Å². The molecule has 0 heterocycles. The lowest BCUT2D eigenvalue weighted by molar-refractivity contribution is 0.325. The van der Waals surface area contributed by atoms with Crippen LogP contribution < -0.4 is 4.74 Å². The normalized spacial score (nSPS) is 12.8. The molecule has 5 heteroatoms. The van der Waals surface area contributed by atoms with Crippen molar-refractivity contribution in [1.82, 2.24) is 0 Å². The summed E-state index contributed by atoms with van der Waals surface area (Å²) in [4.78, 5) is 0. The average molecular weight is 323 g/mol. The molecule has 1 aromatic carbocycles. The summed E-state index contributed by atoms with van der Waals surface area (Å²) in [6.07, 6.45) is 1.64. The molecular weight excluding hydrogens is 296 g/mol. The Balaban J connectivity index is 2.92. The summed E-state index contributed by atoms with van der Waals surface area (Å²) in [5.74, 6) is 1.80. The molecular formula is C16H26O3Si2. The summed E-state index contributed by atoms with van der Waals surface area (Å²) in [6, 6.07) is 9.58. The first-order valence-corrected chi connectivity index (χ1v) is 13.9. The zero-order chi connectivity index (χ0) is 16.1. The quantitative estimate of drug-likeness (QED) is 0.396. The number of hydrogen-bond donors (Lipinski definition) is 0. The van der Waals surface area contributed by atoms with Crippen LogP contribution in [0.5, 0.6) is 5.75 Å². The Labute approximate surface area is 130 Å². The lowest BCUT2D eigenvalue weighted by atomic mass is 10.3. The second kappa shape index (κ2) is 7.00. The van der Waals surface area contributed by atoms with Crippen molar-refractivity contribution in [2.24, 2.45) is 0 Å². The molecule has 0 atom stereocenters. The molecule has 0 aliphatic carbocycles. The highest BCUT2D eigenvalue weighted by Crippen LogP contribution is 2.22. The van der Waals surface area contributed by atoms with Crippen molar-refractivity contribution in [3.8, 4) is 5.75 Å². The van der Waals surface area contributed by atoms with Crippen LogP contribution in [0, 0.1) is 0 Å². The zero-order valence-electron chi connectivity index (χ0n) is 13.9. The van der Waals surface area contributed by atoms with Crippen LogP contribution in [0.25, 0.3) is 0 Å². The predicted octanol–water partition coefficient (Wildman–Crippen LogP) is 5.12. The number of rotatable bonds is 7. The molecule has 0 N–H and O–H groups in total. The molecule has 0 amide bonds. The third kappa shape index (κ3) is 7.77. The van der Waals surface area contributed by atoms with E-state index in [1.807, 2.05) is 30.3 Å². The van der Waals surface area contributed by atoms with E-state index in [0.29, 0.717) is 11.5 Å². The van der Waals surface area contributed by atoms with Gasteiger partial charge in [0.15, 0.2) is 5.76 Å². The second-order valence-electron chi connectivity index (χ2n) is 6.77. The fourth-order valence-corrected chi connectivity index (χ4v) is 2.71. The fourth-order valence-electron chi connectivity index (χ4n) is 1.41. The number of hydrogen-bond acceptors (Lipinski definition) is 3. The standard InChI is InChI=1S/C16H26O3Si2/c1-14(19-21(5,6)7)16(13-17-20(2,3)4)18-15-11-9-8-10-12-15/h8-13H,1H2,2-7H3/b16-13-. The summed E-state index contributed by atoms with van der Waals surface area (Å²) < 4.78 is 17.6. The minimum Gasteiger partial charge on any atom is -0.547 e. The van der Waals surface area contributed by atoms with Crippen molar-refractivity contribution in [3.63, 3.8) is 0 Å². The number of ether oxygens (including phenoxy) is 1. The predicted molar refractivity (Wildman–Crippen MR) is 93.2 cm³/mol. The Bertz CT molecular complexity index is 496. The molecule has 0 fully saturated rings. The Kier molecular flexibility index (Phi) is 5.86. The lowest BCUT2D eigenvalue weighted by Gasteiger charge is -2.23. The molecule has 0 radical (unpaired) electrons. The van der Waals surface area contributed by atoms with Crippen LogP contribution >= 0.6 is 0 Å².